The van der Waals surface area contributed by atoms with Crippen LogP contribution in [0.2, 0.25) is 0 Å². The van der Waals surface area contributed by atoms with Crippen molar-refractivity contribution in [3.8, 4) is 5.75 Å². The number of thioether (sulfide) groups is 1. The monoisotopic (exact) mass is 388 g/mol. The van der Waals surface area contributed by atoms with Gasteiger partial charge in [0, 0.05) is 22.9 Å². The molecule has 0 aliphatic carbocycles. The fourth-order valence-electron chi connectivity index (χ4n) is 3.12. The standard InChI is InChI=1S/C23H20N2O2S/c1-27-18-12-13-20-19(14-18)22(15-21(26)16-8-4-2-5-9-16)28-23(25-20)24-17-10-6-3-7-11-17/h2-14,22H,15H2,1H3,(H,24,25). The Morgan fingerprint density at radius 3 is 2.46 bits per heavy atom. The summed E-state index contributed by atoms with van der Waals surface area (Å²) in [7, 11) is 1.65. The third kappa shape index (κ3) is 4.10. The fraction of sp³-hybridized carbons (Fsp3) is 0.130. The Kier molecular flexibility index (Phi) is 5.44. The minimum absolute atomic E-state index is 0.0403. The van der Waals surface area contributed by atoms with Crippen molar-refractivity contribution >= 4 is 34.1 Å². The van der Waals surface area contributed by atoms with E-state index in [0.717, 1.165) is 33.4 Å². The number of nitrogens with one attached hydrogen (secondary N) is 1. The number of para-hydroxylation sites is 1. The molecule has 0 bridgehead atoms. The average molecular weight is 388 g/mol. The lowest BCUT2D eigenvalue weighted by atomic mass is 10.0. The Balaban J connectivity index is 1.64. The molecule has 4 nitrogen and oxygen atoms in total. The van der Waals surface area contributed by atoms with Gasteiger partial charge < -0.3 is 10.1 Å². The quantitative estimate of drug-likeness (QED) is 0.557. The van der Waals surface area contributed by atoms with E-state index in [1.165, 1.54) is 0 Å². The van der Waals surface area contributed by atoms with E-state index in [2.05, 4.69) is 5.32 Å². The predicted octanol–water partition coefficient (Wildman–Crippen LogP) is 5.86. The molecule has 0 aromatic heterocycles. The number of methoxy groups -OCH3 is 1. The van der Waals surface area contributed by atoms with Crippen molar-refractivity contribution in [3.63, 3.8) is 0 Å². The normalized spacial score (nSPS) is 15.3. The van der Waals surface area contributed by atoms with Crippen molar-refractivity contribution in [1.29, 1.82) is 0 Å². The van der Waals surface area contributed by atoms with E-state index in [4.69, 9.17) is 9.73 Å². The zero-order valence-electron chi connectivity index (χ0n) is 15.5. The largest absolute Gasteiger partial charge is 0.497 e. The topological polar surface area (TPSA) is 50.7 Å². The van der Waals surface area contributed by atoms with Crippen molar-refractivity contribution < 1.29 is 9.53 Å². The summed E-state index contributed by atoms with van der Waals surface area (Å²) in [6.45, 7) is 0. The number of nitrogens with zero attached hydrogens (tertiary/aromatic N) is 1. The maximum Gasteiger partial charge on any atom is 0.166 e. The van der Waals surface area contributed by atoms with Gasteiger partial charge in [0.25, 0.3) is 0 Å². The van der Waals surface area contributed by atoms with E-state index in [-0.39, 0.29) is 11.0 Å². The second-order valence-corrected chi connectivity index (χ2v) is 7.62. The number of carbonyl (C=O) groups is 1. The molecule has 3 aromatic rings. The highest BCUT2D eigenvalue weighted by Gasteiger charge is 2.27. The molecule has 3 aromatic carbocycles. The summed E-state index contributed by atoms with van der Waals surface area (Å²) >= 11 is 1.57. The van der Waals surface area contributed by atoms with Crippen LogP contribution < -0.4 is 10.1 Å². The highest BCUT2D eigenvalue weighted by molar-refractivity contribution is 8.14. The molecule has 5 heteroatoms. The molecule has 1 atom stereocenters. The van der Waals surface area contributed by atoms with E-state index in [9.17, 15) is 4.79 Å². The highest BCUT2D eigenvalue weighted by atomic mass is 32.2. The number of benzene rings is 3. The van der Waals surface area contributed by atoms with Crippen LogP contribution in [0, 0.1) is 0 Å². The van der Waals surface area contributed by atoms with E-state index in [1.54, 1.807) is 18.9 Å². The maximum atomic E-state index is 12.8. The lowest BCUT2D eigenvalue weighted by Crippen LogP contribution is -2.16. The molecule has 1 heterocycles. The lowest BCUT2D eigenvalue weighted by Gasteiger charge is -2.25. The van der Waals surface area contributed by atoms with Crippen molar-refractivity contribution in [3.05, 3.63) is 90.0 Å². The minimum Gasteiger partial charge on any atom is -0.497 e. The van der Waals surface area contributed by atoms with Crippen LogP contribution in [0.5, 0.6) is 5.75 Å². The number of ether oxygens (including phenoxy) is 1. The van der Waals surface area contributed by atoms with Crippen LogP contribution in [0.15, 0.2) is 83.9 Å². The molecule has 1 N–H and O–H groups in total. The van der Waals surface area contributed by atoms with Gasteiger partial charge in [-0.2, -0.15) is 0 Å². The lowest BCUT2D eigenvalue weighted by molar-refractivity contribution is 0.0982. The summed E-state index contributed by atoms with van der Waals surface area (Å²) < 4.78 is 5.38. The molecule has 0 amide bonds. The van der Waals surface area contributed by atoms with Crippen LogP contribution in [-0.4, -0.2) is 18.1 Å². The van der Waals surface area contributed by atoms with Gasteiger partial charge in [-0.15, -0.1) is 0 Å². The van der Waals surface area contributed by atoms with Gasteiger partial charge in [0.1, 0.15) is 5.75 Å². The second-order valence-electron chi connectivity index (χ2n) is 6.43. The van der Waals surface area contributed by atoms with Gasteiger partial charge in [-0.3, -0.25) is 4.79 Å². The van der Waals surface area contributed by atoms with Crippen molar-refractivity contribution in [2.75, 3.05) is 12.4 Å². The number of anilines is 1. The Labute approximate surface area is 168 Å². The van der Waals surface area contributed by atoms with Crippen LogP contribution in [0.3, 0.4) is 0 Å². The summed E-state index contributed by atoms with van der Waals surface area (Å²) in [5, 5.41) is 4.11. The Hall–Kier alpha value is -3.05. The summed E-state index contributed by atoms with van der Waals surface area (Å²) in [6.07, 6.45) is 0.393. The van der Waals surface area contributed by atoms with E-state index < -0.39 is 0 Å². The van der Waals surface area contributed by atoms with Crippen LogP contribution in [0.1, 0.15) is 27.6 Å². The molecule has 1 aliphatic heterocycles. The first-order valence-corrected chi connectivity index (χ1v) is 9.94. The second kappa shape index (κ2) is 8.31. The Bertz CT molecular complexity index is 1000. The summed E-state index contributed by atoms with van der Waals surface area (Å²) in [6, 6.07) is 25.2. The highest BCUT2D eigenvalue weighted by Crippen LogP contribution is 2.45. The fourth-order valence-corrected chi connectivity index (χ4v) is 4.27. The van der Waals surface area contributed by atoms with Gasteiger partial charge in [0.15, 0.2) is 11.0 Å². The van der Waals surface area contributed by atoms with Crippen LogP contribution in [0.4, 0.5) is 11.4 Å². The summed E-state index contributed by atoms with van der Waals surface area (Å²) in [5.74, 6) is 0.888. The minimum atomic E-state index is -0.0403. The first kappa shape index (κ1) is 18.3. The molecule has 0 fully saturated rings. The molecule has 28 heavy (non-hydrogen) atoms. The van der Waals surface area contributed by atoms with Crippen LogP contribution >= 0.6 is 11.8 Å². The number of rotatable bonds is 5. The zero-order chi connectivity index (χ0) is 19.3. The van der Waals surface area contributed by atoms with Gasteiger partial charge >= 0.3 is 0 Å². The number of ketones is 1. The first-order chi connectivity index (χ1) is 13.7. The molecule has 1 unspecified atom stereocenters. The number of amidine groups is 1. The molecule has 4 rings (SSSR count). The van der Waals surface area contributed by atoms with Crippen LogP contribution in [0.25, 0.3) is 0 Å². The van der Waals surface area contributed by atoms with Crippen LogP contribution in [-0.2, 0) is 0 Å². The van der Waals surface area contributed by atoms with Crippen molar-refractivity contribution in [2.45, 2.75) is 11.7 Å². The number of fused-ring (bicyclic) bond motifs is 1. The van der Waals surface area contributed by atoms with Crippen molar-refractivity contribution in [2.24, 2.45) is 4.99 Å². The number of aliphatic imine (C=N–C) groups is 1. The zero-order valence-corrected chi connectivity index (χ0v) is 16.3. The number of hydrogen-bond donors (Lipinski definition) is 1. The van der Waals surface area contributed by atoms with Gasteiger partial charge in [-0.05, 0) is 35.9 Å². The third-order valence-electron chi connectivity index (χ3n) is 4.55. The van der Waals surface area contributed by atoms with Gasteiger partial charge in [-0.25, -0.2) is 4.99 Å². The maximum absolute atomic E-state index is 12.8. The molecule has 0 radical (unpaired) electrons. The Morgan fingerprint density at radius 2 is 1.75 bits per heavy atom. The third-order valence-corrected chi connectivity index (χ3v) is 5.67. The van der Waals surface area contributed by atoms with E-state index in [1.807, 2.05) is 78.9 Å². The SMILES string of the molecule is COc1ccc2c(c1)C(CC(=O)c1ccccc1)SC(Nc1ccccc1)=N2. The summed E-state index contributed by atoms with van der Waals surface area (Å²) in [4.78, 5) is 17.6. The van der Waals surface area contributed by atoms with Gasteiger partial charge in [-0.1, -0.05) is 60.3 Å². The molecule has 0 saturated heterocycles. The predicted molar refractivity (Wildman–Crippen MR) is 116 cm³/mol. The molecule has 140 valence electrons. The molecule has 0 spiro atoms. The number of carbonyl (C=O) groups excluding carboxylic acids is 1. The number of hydrogen-bond acceptors (Lipinski definition) is 5. The molecule has 0 saturated carbocycles. The van der Waals surface area contributed by atoms with Gasteiger partial charge in [0.2, 0.25) is 0 Å². The van der Waals surface area contributed by atoms with E-state index in [0.29, 0.717) is 6.42 Å². The van der Waals surface area contributed by atoms with E-state index >= 15 is 0 Å². The smallest absolute Gasteiger partial charge is 0.166 e. The molecular formula is C23H20N2O2S. The molecular weight excluding hydrogens is 368 g/mol. The Morgan fingerprint density at radius 1 is 1.04 bits per heavy atom. The van der Waals surface area contributed by atoms with Crippen molar-refractivity contribution in [1.82, 2.24) is 0 Å². The first-order valence-electron chi connectivity index (χ1n) is 9.06. The number of Topliss-reactive ketones (excluding diaryl/α,β-unsaturated/α-hetero) is 1. The molecule has 1 aliphatic rings. The average Bonchev–Trinajstić information content (AvgIpc) is 2.75. The summed E-state index contributed by atoms with van der Waals surface area (Å²) in [5.41, 5.74) is 3.59. The van der Waals surface area contributed by atoms with Gasteiger partial charge in [0.05, 0.1) is 12.8 Å².